The van der Waals surface area contributed by atoms with E-state index in [1.54, 1.807) is 0 Å². The molecule has 1 unspecified atom stereocenters. The van der Waals surface area contributed by atoms with Gasteiger partial charge in [-0.15, -0.1) is 0 Å². The Balaban J connectivity index is 1.56. The van der Waals surface area contributed by atoms with Gasteiger partial charge in [-0.3, -0.25) is 0 Å². The van der Waals surface area contributed by atoms with Crippen molar-refractivity contribution in [2.75, 3.05) is 0 Å². The maximum atomic E-state index is 11.9. The maximum Gasteiger partial charge on any atom is 0.128 e. The second kappa shape index (κ2) is 3.66. The van der Waals surface area contributed by atoms with Gasteiger partial charge in [-0.2, -0.15) is 0 Å². The number of carbonyl (C=O) groups is 1. The number of hydrogen-bond acceptors (Lipinski definition) is 2. The van der Waals surface area contributed by atoms with Crippen LogP contribution in [0.15, 0.2) is 0 Å². The molecule has 6 aliphatic carbocycles. The van der Waals surface area contributed by atoms with E-state index in [0.29, 0.717) is 16.7 Å². The van der Waals surface area contributed by atoms with Gasteiger partial charge in [0, 0.05) is 0 Å². The Labute approximate surface area is 134 Å². The van der Waals surface area contributed by atoms with Crippen LogP contribution in [0.25, 0.3) is 0 Å². The Hall–Kier alpha value is -0.370. The lowest BCUT2D eigenvalue weighted by atomic mass is 9.39. The normalized spacial score (nSPS) is 68.1. The number of aliphatic hydroxyl groups is 1. The summed E-state index contributed by atoms with van der Waals surface area (Å²) < 4.78 is 0. The summed E-state index contributed by atoms with van der Waals surface area (Å²) in [6, 6.07) is 0. The quantitative estimate of drug-likeness (QED) is 0.748. The summed E-state index contributed by atoms with van der Waals surface area (Å²) in [5, 5.41) is 10.5. The second-order valence-corrected chi connectivity index (χ2v) is 10.4. The number of fused-ring (bicyclic) bond motifs is 1. The molecule has 6 fully saturated rings. The van der Waals surface area contributed by atoms with Crippen molar-refractivity contribution >= 4 is 6.29 Å². The predicted molar refractivity (Wildman–Crippen MR) is 85.1 cm³/mol. The van der Waals surface area contributed by atoms with Crippen LogP contribution in [0.1, 0.15) is 65.7 Å². The summed E-state index contributed by atoms with van der Waals surface area (Å²) >= 11 is 0. The van der Waals surface area contributed by atoms with E-state index in [4.69, 9.17) is 0 Å². The molecule has 6 aliphatic rings. The third-order valence-electron chi connectivity index (χ3n) is 9.86. The Kier molecular flexibility index (Phi) is 2.33. The zero-order valence-corrected chi connectivity index (χ0v) is 14.3. The van der Waals surface area contributed by atoms with E-state index in [1.807, 2.05) is 6.92 Å². The van der Waals surface area contributed by atoms with E-state index in [0.717, 1.165) is 43.3 Å². The summed E-state index contributed by atoms with van der Waals surface area (Å²) in [4.78, 5) is 11.9. The standard InChI is InChI=1S/C20H30O2/c1-17-6-5-16(22)19(3,11-21)14(17)4-7-20-9-13-12(8-15(17)20)18(13,2)10-20/h11-16,22H,4-10H2,1-3H3/t12-,13?,14+,15+,16-,17-,18-,19-,20+/m1/s1. The van der Waals surface area contributed by atoms with Crippen molar-refractivity contribution in [3.8, 4) is 0 Å². The number of aldehydes is 1. The second-order valence-electron chi connectivity index (χ2n) is 10.4. The highest BCUT2D eigenvalue weighted by Gasteiger charge is 2.78. The highest BCUT2D eigenvalue weighted by molar-refractivity contribution is 5.61. The van der Waals surface area contributed by atoms with Gasteiger partial charge in [0.15, 0.2) is 0 Å². The molecule has 2 nitrogen and oxygen atoms in total. The van der Waals surface area contributed by atoms with Gasteiger partial charge in [0.1, 0.15) is 6.29 Å². The first-order valence-electron chi connectivity index (χ1n) is 9.45. The minimum absolute atomic E-state index is 0.280. The van der Waals surface area contributed by atoms with Gasteiger partial charge in [-0.25, -0.2) is 0 Å². The highest BCUT2D eigenvalue weighted by atomic mass is 16.3. The van der Waals surface area contributed by atoms with Gasteiger partial charge in [0.2, 0.25) is 0 Å². The van der Waals surface area contributed by atoms with Gasteiger partial charge in [0.05, 0.1) is 11.5 Å². The van der Waals surface area contributed by atoms with Crippen molar-refractivity contribution in [2.24, 2.45) is 45.3 Å². The van der Waals surface area contributed by atoms with Gasteiger partial charge < -0.3 is 9.90 Å². The monoisotopic (exact) mass is 302 g/mol. The summed E-state index contributed by atoms with van der Waals surface area (Å²) in [6.07, 6.45) is 9.44. The third kappa shape index (κ3) is 1.26. The van der Waals surface area contributed by atoms with Crippen LogP contribution in [0.2, 0.25) is 0 Å². The molecule has 0 aliphatic heterocycles. The molecule has 0 heterocycles. The zero-order valence-electron chi connectivity index (χ0n) is 14.3. The Morgan fingerprint density at radius 3 is 2.41 bits per heavy atom. The predicted octanol–water partition coefficient (Wildman–Crippen LogP) is 3.82. The summed E-state index contributed by atoms with van der Waals surface area (Å²) in [5.74, 6) is 3.20. The average Bonchev–Trinajstić information content (AvgIpc) is 2.94. The number of aliphatic hydroxyl groups excluding tert-OH is 1. The first kappa shape index (κ1) is 14.0. The molecule has 2 heteroatoms. The topological polar surface area (TPSA) is 37.3 Å². The van der Waals surface area contributed by atoms with Crippen LogP contribution in [0.5, 0.6) is 0 Å². The number of carbonyl (C=O) groups excluding carboxylic acids is 1. The van der Waals surface area contributed by atoms with E-state index < -0.39 is 11.5 Å². The fourth-order valence-corrected chi connectivity index (χ4v) is 8.73. The van der Waals surface area contributed by atoms with Crippen molar-refractivity contribution in [2.45, 2.75) is 71.8 Å². The molecule has 1 spiro atoms. The molecule has 122 valence electrons. The van der Waals surface area contributed by atoms with Gasteiger partial charge in [-0.1, -0.05) is 20.8 Å². The lowest BCUT2D eigenvalue weighted by Crippen LogP contribution is -2.61. The van der Waals surface area contributed by atoms with Crippen molar-refractivity contribution in [3.05, 3.63) is 0 Å². The molecular formula is C20H30O2. The largest absolute Gasteiger partial charge is 0.392 e. The first-order valence-corrected chi connectivity index (χ1v) is 9.45. The van der Waals surface area contributed by atoms with Crippen molar-refractivity contribution in [1.82, 2.24) is 0 Å². The Morgan fingerprint density at radius 2 is 1.77 bits per heavy atom. The first-order chi connectivity index (χ1) is 10.3. The van der Waals surface area contributed by atoms with Gasteiger partial charge in [-0.05, 0) is 84.9 Å². The van der Waals surface area contributed by atoms with Crippen LogP contribution in [0.4, 0.5) is 0 Å². The molecule has 22 heavy (non-hydrogen) atoms. The van der Waals surface area contributed by atoms with Gasteiger partial charge >= 0.3 is 0 Å². The van der Waals surface area contributed by atoms with E-state index in [2.05, 4.69) is 13.8 Å². The highest BCUT2D eigenvalue weighted by Crippen LogP contribution is 2.85. The lowest BCUT2D eigenvalue weighted by molar-refractivity contribution is -0.192. The lowest BCUT2D eigenvalue weighted by Gasteiger charge is -2.65. The molecule has 0 saturated heterocycles. The van der Waals surface area contributed by atoms with Crippen LogP contribution in [-0.4, -0.2) is 17.5 Å². The van der Waals surface area contributed by atoms with Crippen molar-refractivity contribution in [3.63, 3.8) is 0 Å². The van der Waals surface area contributed by atoms with Crippen molar-refractivity contribution < 1.29 is 9.90 Å². The molecule has 0 radical (unpaired) electrons. The SMILES string of the molecule is C[C@]1(C=O)[C@H](O)CC[C@@]2(C)[C@@H]3C[C@@H]4C5C[C@@]3(CC[C@H]12)C[C@@]54C. The zero-order chi connectivity index (χ0) is 15.5. The van der Waals surface area contributed by atoms with E-state index in [9.17, 15) is 9.90 Å². The average molecular weight is 302 g/mol. The summed E-state index contributed by atoms with van der Waals surface area (Å²) in [5.41, 5.74) is 1.04. The third-order valence-corrected chi connectivity index (χ3v) is 9.86. The molecule has 0 aromatic carbocycles. The van der Waals surface area contributed by atoms with Gasteiger partial charge in [0.25, 0.3) is 0 Å². The molecule has 1 N–H and O–H groups in total. The van der Waals surface area contributed by atoms with Crippen LogP contribution >= 0.6 is 0 Å². The smallest absolute Gasteiger partial charge is 0.128 e. The summed E-state index contributed by atoms with van der Waals surface area (Å²) in [7, 11) is 0. The van der Waals surface area contributed by atoms with Crippen LogP contribution < -0.4 is 0 Å². The Bertz CT molecular complexity index is 558. The maximum absolute atomic E-state index is 11.9. The fourth-order valence-electron chi connectivity index (χ4n) is 8.73. The summed E-state index contributed by atoms with van der Waals surface area (Å²) in [6.45, 7) is 7.06. The van der Waals surface area contributed by atoms with Crippen LogP contribution in [0, 0.1) is 45.3 Å². The Morgan fingerprint density at radius 1 is 1.00 bits per heavy atom. The van der Waals surface area contributed by atoms with Crippen LogP contribution in [0.3, 0.4) is 0 Å². The van der Waals surface area contributed by atoms with E-state index in [1.165, 1.54) is 25.7 Å². The molecule has 0 aromatic heterocycles. The molecule has 0 amide bonds. The minimum Gasteiger partial charge on any atom is -0.392 e. The fraction of sp³-hybridized carbons (Fsp3) is 0.950. The van der Waals surface area contributed by atoms with E-state index in [-0.39, 0.29) is 5.41 Å². The molecule has 4 bridgehead atoms. The molecule has 0 aromatic rings. The van der Waals surface area contributed by atoms with E-state index >= 15 is 0 Å². The van der Waals surface area contributed by atoms with Crippen LogP contribution in [-0.2, 0) is 4.79 Å². The number of rotatable bonds is 1. The molecular weight excluding hydrogens is 272 g/mol. The molecule has 6 saturated carbocycles. The number of hydrogen-bond donors (Lipinski definition) is 1. The minimum atomic E-state index is -0.512. The molecule has 6 rings (SSSR count). The molecule has 9 atom stereocenters. The van der Waals surface area contributed by atoms with Crippen molar-refractivity contribution in [1.29, 1.82) is 0 Å².